The monoisotopic (exact) mass is 322 g/mol. The number of nitrogens with one attached hydrogen (secondary N) is 2. The lowest BCUT2D eigenvalue weighted by Crippen LogP contribution is -1.90. The van der Waals surface area contributed by atoms with Crippen molar-refractivity contribution in [3.8, 4) is 11.3 Å². The van der Waals surface area contributed by atoms with E-state index < -0.39 is 0 Å². The molecule has 0 aliphatic rings. The molecule has 0 fully saturated rings. The predicted octanol–water partition coefficient (Wildman–Crippen LogP) is 4.79. The van der Waals surface area contributed by atoms with E-state index in [2.05, 4.69) is 50.8 Å². The number of rotatable bonds is 3. The van der Waals surface area contributed by atoms with Crippen LogP contribution in [-0.2, 0) is 0 Å². The molecular formula is C18H15ClN4. The van der Waals surface area contributed by atoms with E-state index in [9.17, 15) is 0 Å². The Balaban J connectivity index is 0.00000156. The van der Waals surface area contributed by atoms with Gasteiger partial charge in [0, 0.05) is 22.8 Å². The Morgan fingerprint density at radius 3 is 2.52 bits per heavy atom. The van der Waals surface area contributed by atoms with Crippen molar-refractivity contribution in [2.24, 2.45) is 0 Å². The van der Waals surface area contributed by atoms with E-state index in [0.29, 0.717) is 0 Å². The highest BCUT2D eigenvalue weighted by molar-refractivity contribution is 5.94. The van der Waals surface area contributed by atoms with E-state index in [1.807, 2.05) is 30.3 Å². The van der Waals surface area contributed by atoms with Gasteiger partial charge in [0.2, 0.25) is 0 Å². The zero-order valence-corrected chi connectivity index (χ0v) is 13.0. The lowest BCUT2D eigenvalue weighted by atomic mass is 10.1. The van der Waals surface area contributed by atoms with Crippen molar-refractivity contribution in [1.82, 2.24) is 15.2 Å². The van der Waals surface area contributed by atoms with Crippen LogP contribution in [0.3, 0.4) is 0 Å². The molecule has 0 amide bonds. The number of H-pyrrole nitrogens is 1. The Labute approximate surface area is 140 Å². The molecule has 23 heavy (non-hydrogen) atoms. The minimum atomic E-state index is 0. The van der Waals surface area contributed by atoms with Crippen LogP contribution in [-0.4, -0.2) is 15.2 Å². The molecule has 114 valence electrons. The van der Waals surface area contributed by atoms with Crippen molar-refractivity contribution in [3.05, 3.63) is 73.1 Å². The standard InChI is InChI=1S/C18H14N4.ClH/c1-2-5-13(6-3-1)18-16-9-8-14(11-17(16)21-22-18)20-15-7-4-10-19-12-15;/h1-12,20H,(H,21,22);1H. The maximum absolute atomic E-state index is 4.45. The summed E-state index contributed by atoms with van der Waals surface area (Å²) in [5, 5.41) is 12.0. The summed E-state index contributed by atoms with van der Waals surface area (Å²) >= 11 is 0. The van der Waals surface area contributed by atoms with Crippen molar-refractivity contribution in [1.29, 1.82) is 0 Å². The summed E-state index contributed by atoms with van der Waals surface area (Å²) in [6.45, 7) is 0. The fourth-order valence-electron chi connectivity index (χ4n) is 2.52. The number of pyridine rings is 1. The highest BCUT2D eigenvalue weighted by atomic mass is 35.5. The van der Waals surface area contributed by atoms with Crippen LogP contribution >= 0.6 is 12.4 Å². The molecule has 0 unspecified atom stereocenters. The molecule has 0 atom stereocenters. The number of nitrogens with zero attached hydrogens (tertiary/aromatic N) is 2. The quantitative estimate of drug-likeness (QED) is 0.570. The van der Waals surface area contributed by atoms with Crippen LogP contribution in [0.15, 0.2) is 73.1 Å². The van der Waals surface area contributed by atoms with E-state index in [4.69, 9.17) is 0 Å². The van der Waals surface area contributed by atoms with E-state index >= 15 is 0 Å². The lowest BCUT2D eigenvalue weighted by Gasteiger charge is -2.05. The van der Waals surface area contributed by atoms with Gasteiger partial charge in [0.05, 0.1) is 23.1 Å². The summed E-state index contributed by atoms with van der Waals surface area (Å²) < 4.78 is 0. The third-order valence-electron chi connectivity index (χ3n) is 3.56. The van der Waals surface area contributed by atoms with Crippen LogP contribution in [0.4, 0.5) is 11.4 Å². The highest BCUT2D eigenvalue weighted by Crippen LogP contribution is 2.28. The van der Waals surface area contributed by atoms with Gasteiger partial charge in [-0.2, -0.15) is 5.10 Å². The van der Waals surface area contributed by atoms with Crippen molar-refractivity contribution >= 4 is 34.7 Å². The summed E-state index contributed by atoms with van der Waals surface area (Å²) in [7, 11) is 0. The number of aromatic amines is 1. The second kappa shape index (κ2) is 6.50. The average Bonchev–Trinajstić information content (AvgIpc) is 3.00. The maximum Gasteiger partial charge on any atom is 0.0999 e. The van der Waals surface area contributed by atoms with E-state index in [-0.39, 0.29) is 12.4 Å². The van der Waals surface area contributed by atoms with Gasteiger partial charge in [-0.25, -0.2) is 0 Å². The van der Waals surface area contributed by atoms with Crippen LogP contribution in [0.5, 0.6) is 0 Å². The minimum Gasteiger partial charge on any atom is -0.354 e. The minimum absolute atomic E-state index is 0. The number of halogens is 1. The summed E-state index contributed by atoms with van der Waals surface area (Å²) in [6, 6.07) is 20.3. The summed E-state index contributed by atoms with van der Waals surface area (Å²) in [5.41, 5.74) is 5.06. The molecular weight excluding hydrogens is 308 g/mol. The first-order valence-electron chi connectivity index (χ1n) is 7.11. The van der Waals surface area contributed by atoms with Gasteiger partial charge in [0.1, 0.15) is 0 Å². The molecule has 4 aromatic rings. The Morgan fingerprint density at radius 2 is 1.74 bits per heavy atom. The van der Waals surface area contributed by atoms with Crippen LogP contribution in [0, 0.1) is 0 Å². The summed E-state index contributed by atoms with van der Waals surface area (Å²) in [4.78, 5) is 4.10. The number of anilines is 2. The molecule has 5 heteroatoms. The van der Waals surface area contributed by atoms with Gasteiger partial charge in [-0.15, -0.1) is 12.4 Å². The van der Waals surface area contributed by atoms with Crippen LogP contribution in [0.25, 0.3) is 22.2 Å². The van der Waals surface area contributed by atoms with Crippen molar-refractivity contribution < 1.29 is 0 Å². The molecule has 2 N–H and O–H groups in total. The number of fused-ring (bicyclic) bond motifs is 1. The van der Waals surface area contributed by atoms with Crippen LogP contribution < -0.4 is 5.32 Å². The molecule has 4 nitrogen and oxygen atoms in total. The number of benzene rings is 2. The molecule has 2 heterocycles. The molecule has 2 aromatic carbocycles. The fraction of sp³-hybridized carbons (Fsp3) is 0. The van der Waals surface area contributed by atoms with Gasteiger partial charge in [-0.3, -0.25) is 10.1 Å². The molecule has 0 bridgehead atoms. The molecule has 0 aliphatic heterocycles. The van der Waals surface area contributed by atoms with E-state index in [1.54, 1.807) is 12.4 Å². The predicted molar refractivity (Wildman–Crippen MR) is 96.3 cm³/mol. The van der Waals surface area contributed by atoms with Crippen molar-refractivity contribution in [2.45, 2.75) is 0 Å². The zero-order valence-electron chi connectivity index (χ0n) is 12.2. The number of aromatic nitrogens is 3. The average molecular weight is 323 g/mol. The van der Waals surface area contributed by atoms with Gasteiger partial charge in [0.25, 0.3) is 0 Å². The molecule has 0 saturated carbocycles. The Kier molecular flexibility index (Phi) is 4.26. The smallest absolute Gasteiger partial charge is 0.0999 e. The van der Waals surface area contributed by atoms with Crippen LogP contribution in [0.2, 0.25) is 0 Å². The van der Waals surface area contributed by atoms with Crippen LogP contribution in [0.1, 0.15) is 0 Å². The number of hydrogen-bond donors (Lipinski definition) is 2. The maximum atomic E-state index is 4.45. The third kappa shape index (κ3) is 3.03. The van der Waals surface area contributed by atoms with Gasteiger partial charge in [0.15, 0.2) is 0 Å². The fourth-order valence-corrected chi connectivity index (χ4v) is 2.52. The molecule has 4 rings (SSSR count). The molecule has 0 spiro atoms. The molecule has 0 saturated heterocycles. The first kappa shape index (κ1) is 15.1. The summed E-state index contributed by atoms with van der Waals surface area (Å²) in [6.07, 6.45) is 3.56. The van der Waals surface area contributed by atoms with E-state index in [0.717, 1.165) is 33.5 Å². The topological polar surface area (TPSA) is 53.6 Å². The Morgan fingerprint density at radius 1 is 0.870 bits per heavy atom. The van der Waals surface area contributed by atoms with Gasteiger partial charge in [-0.1, -0.05) is 30.3 Å². The van der Waals surface area contributed by atoms with Gasteiger partial charge >= 0.3 is 0 Å². The Bertz CT molecular complexity index is 904. The normalized spacial score (nSPS) is 10.3. The summed E-state index contributed by atoms with van der Waals surface area (Å²) in [5.74, 6) is 0. The van der Waals surface area contributed by atoms with Gasteiger partial charge < -0.3 is 5.32 Å². The SMILES string of the molecule is Cl.c1ccc(-c2n[nH]c3cc(Nc4cccnc4)ccc23)cc1. The van der Waals surface area contributed by atoms with E-state index in [1.165, 1.54) is 0 Å². The third-order valence-corrected chi connectivity index (χ3v) is 3.56. The second-order valence-corrected chi connectivity index (χ2v) is 5.07. The highest BCUT2D eigenvalue weighted by Gasteiger charge is 2.08. The molecule has 2 aromatic heterocycles. The zero-order chi connectivity index (χ0) is 14.8. The first-order chi connectivity index (χ1) is 10.9. The van der Waals surface area contributed by atoms with Gasteiger partial charge in [-0.05, 0) is 30.3 Å². The Hall–Kier alpha value is -2.85. The number of hydrogen-bond acceptors (Lipinski definition) is 3. The molecule has 0 radical (unpaired) electrons. The largest absolute Gasteiger partial charge is 0.354 e. The second-order valence-electron chi connectivity index (χ2n) is 5.07. The lowest BCUT2D eigenvalue weighted by molar-refractivity contribution is 1.12. The van der Waals surface area contributed by atoms with Crippen molar-refractivity contribution in [2.75, 3.05) is 5.32 Å². The first-order valence-corrected chi connectivity index (χ1v) is 7.11. The molecule has 0 aliphatic carbocycles. The van der Waals surface area contributed by atoms with Crippen molar-refractivity contribution in [3.63, 3.8) is 0 Å².